The molecule has 6 heteroatoms. The van der Waals surface area contributed by atoms with Crippen molar-refractivity contribution in [2.45, 2.75) is 25.3 Å². The van der Waals surface area contributed by atoms with E-state index in [9.17, 15) is 0 Å². The van der Waals surface area contributed by atoms with Crippen LogP contribution in [0, 0.1) is 0 Å². The van der Waals surface area contributed by atoms with E-state index in [2.05, 4.69) is 22.0 Å². The number of rotatable bonds is 2. The largest absolute Gasteiger partial charge is 0.347 e. The fourth-order valence-electron chi connectivity index (χ4n) is 2.30. The van der Waals surface area contributed by atoms with E-state index in [1.807, 2.05) is 24.3 Å². The molecule has 0 amide bonds. The van der Waals surface area contributed by atoms with Crippen molar-refractivity contribution in [1.82, 2.24) is 10.2 Å². The second-order valence-electron chi connectivity index (χ2n) is 5.51. The topological polar surface area (TPSA) is 55.0 Å². The molecule has 4 nitrogen and oxygen atoms in total. The Morgan fingerprint density at radius 3 is 2.65 bits per heavy atom. The van der Waals surface area contributed by atoms with Crippen LogP contribution in [0.3, 0.4) is 0 Å². The fourth-order valence-corrected chi connectivity index (χ4v) is 3.51. The first kappa shape index (κ1) is 13.8. The van der Waals surface area contributed by atoms with E-state index < -0.39 is 0 Å². The predicted octanol–water partition coefficient (Wildman–Crippen LogP) is 3.18. The van der Waals surface area contributed by atoms with Crippen molar-refractivity contribution in [3.8, 4) is 10.6 Å². The first-order chi connectivity index (χ1) is 9.55. The van der Waals surface area contributed by atoms with E-state index in [0.717, 1.165) is 41.6 Å². The van der Waals surface area contributed by atoms with Gasteiger partial charge < -0.3 is 10.6 Å². The maximum atomic E-state index is 6.20. The molecule has 0 radical (unpaired) electrons. The highest BCUT2D eigenvalue weighted by Crippen LogP contribution is 2.34. The lowest BCUT2D eigenvalue weighted by atomic mass is 9.91. The van der Waals surface area contributed by atoms with Crippen LogP contribution in [0.4, 0.5) is 5.13 Å². The average Bonchev–Trinajstić information content (AvgIpc) is 2.88. The Morgan fingerprint density at radius 2 is 1.95 bits per heavy atom. The molecule has 2 aromatic rings. The van der Waals surface area contributed by atoms with Gasteiger partial charge in [-0.3, -0.25) is 0 Å². The number of hydrogen-bond donors (Lipinski definition) is 1. The molecule has 0 bridgehead atoms. The van der Waals surface area contributed by atoms with Crippen LogP contribution in [0.15, 0.2) is 24.3 Å². The molecule has 1 fully saturated rings. The lowest BCUT2D eigenvalue weighted by Crippen LogP contribution is -2.48. The van der Waals surface area contributed by atoms with Gasteiger partial charge in [0.15, 0.2) is 5.01 Å². The summed E-state index contributed by atoms with van der Waals surface area (Å²) in [4.78, 5) is 2.26. The first-order valence-electron chi connectivity index (χ1n) is 6.67. The van der Waals surface area contributed by atoms with Gasteiger partial charge in [-0.2, -0.15) is 0 Å². The smallest absolute Gasteiger partial charge is 0.208 e. The lowest BCUT2D eigenvalue weighted by Gasteiger charge is -2.36. The molecule has 0 aliphatic carbocycles. The van der Waals surface area contributed by atoms with E-state index in [1.54, 1.807) is 11.3 Å². The van der Waals surface area contributed by atoms with Gasteiger partial charge in [-0.05, 0) is 25.8 Å². The average molecular weight is 309 g/mol. The van der Waals surface area contributed by atoms with Crippen molar-refractivity contribution in [3.63, 3.8) is 0 Å². The quantitative estimate of drug-likeness (QED) is 0.926. The molecule has 1 aromatic carbocycles. The second kappa shape index (κ2) is 5.31. The Kier molecular flexibility index (Phi) is 3.67. The molecular formula is C14H17ClN4S. The molecule has 0 saturated carbocycles. The van der Waals surface area contributed by atoms with Crippen LogP contribution < -0.4 is 10.6 Å². The van der Waals surface area contributed by atoms with Gasteiger partial charge in [0, 0.05) is 24.2 Å². The van der Waals surface area contributed by atoms with Gasteiger partial charge in [-0.15, -0.1) is 10.2 Å². The van der Waals surface area contributed by atoms with Crippen molar-refractivity contribution in [1.29, 1.82) is 0 Å². The minimum atomic E-state index is -0.0489. The molecule has 2 heterocycles. The lowest BCUT2D eigenvalue weighted by molar-refractivity contribution is 0.364. The standard InChI is InChI=1S/C14H17ClN4S/c1-14(16)6-8-19(9-7-14)13-18-17-12(20-13)10-4-2-3-5-11(10)15/h2-5H,6-9,16H2,1H3. The van der Waals surface area contributed by atoms with Crippen molar-refractivity contribution in [2.24, 2.45) is 5.73 Å². The summed E-state index contributed by atoms with van der Waals surface area (Å²) >= 11 is 7.79. The number of hydrogen-bond acceptors (Lipinski definition) is 5. The van der Waals surface area contributed by atoms with Crippen LogP contribution in [0.5, 0.6) is 0 Å². The minimum Gasteiger partial charge on any atom is -0.347 e. The maximum absolute atomic E-state index is 6.20. The number of benzene rings is 1. The first-order valence-corrected chi connectivity index (χ1v) is 7.87. The number of halogens is 1. The number of aromatic nitrogens is 2. The van der Waals surface area contributed by atoms with E-state index in [1.165, 1.54) is 0 Å². The third kappa shape index (κ3) is 2.80. The van der Waals surface area contributed by atoms with Crippen LogP contribution in [-0.2, 0) is 0 Å². The van der Waals surface area contributed by atoms with Gasteiger partial charge in [-0.1, -0.05) is 41.1 Å². The summed E-state index contributed by atoms with van der Waals surface area (Å²) in [5.41, 5.74) is 7.05. The summed E-state index contributed by atoms with van der Waals surface area (Å²) in [5, 5.41) is 11.1. The van der Waals surface area contributed by atoms with Crippen molar-refractivity contribution >= 4 is 28.1 Å². The number of nitrogens with zero attached hydrogens (tertiary/aromatic N) is 3. The number of nitrogens with two attached hydrogens (primary N) is 1. The predicted molar refractivity (Wildman–Crippen MR) is 84.4 cm³/mol. The van der Waals surface area contributed by atoms with E-state index in [4.69, 9.17) is 17.3 Å². The van der Waals surface area contributed by atoms with Gasteiger partial charge >= 0.3 is 0 Å². The van der Waals surface area contributed by atoms with Crippen LogP contribution in [0.25, 0.3) is 10.6 Å². The fraction of sp³-hybridized carbons (Fsp3) is 0.429. The Bertz CT molecular complexity index is 601. The molecule has 1 aliphatic rings. The molecule has 0 unspecified atom stereocenters. The number of piperidine rings is 1. The Labute approximate surface area is 127 Å². The molecule has 1 aliphatic heterocycles. The SMILES string of the molecule is CC1(N)CCN(c2nnc(-c3ccccc3Cl)s2)CC1. The summed E-state index contributed by atoms with van der Waals surface area (Å²) < 4.78 is 0. The molecular weight excluding hydrogens is 292 g/mol. The Hall–Kier alpha value is -1.17. The molecule has 0 atom stereocenters. The van der Waals surface area contributed by atoms with Gasteiger partial charge in [0.2, 0.25) is 5.13 Å². The zero-order valence-corrected chi connectivity index (χ0v) is 12.9. The molecule has 106 valence electrons. The van der Waals surface area contributed by atoms with Crippen LogP contribution >= 0.6 is 22.9 Å². The summed E-state index contributed by atoms with van der Waals surface area (Å²) in [6.07, 6.45) is 1.96. The highest BCUT2D eigenvalue weighted by Gasteiger charge is 2.27. The summed E-state index contributed by atoms with van der Waals surface area (Å²) in [5.74, 6) is 0. The molecule has 2 N–H and O–H groups in total. The van der Waals surface area contributed by atoms with Gasteiger partial charge in [0.25, 0.3) is 0 Å². The molecule has 1 aromatic heterocycles. The van der Waals surface area contributed by atoms with Gasteiger partial charge in [-0.25, -0.2) is 0 Å². The van der Waals surface area contributed by atoms with E-state index in [-0.39, 0.29) is 5.54 Å². The molecule has 3 rings (SSSR count). The summed E-state index contributed by atoms with van der Waals surface area (Å²) in [6.45, 7) is 3.98. The second-order valence-corrected chi connectivity index (χ2v) is 6.87. The highest BCUT2D eigenvalue weighted by molar-refractivity contribution is 7.18. The molecule has 20 heavy (non-hydrogen) atoms. The van der Waals surface area contributed by atoms with Gasteiger partial charge in [0.05, 0.1) is 5.02 Å². The highest BCUT2D eigenvalue weighted by atomic mass is 35.5. The Morgan fingerprint density at radius 1 is 1.25 bits per heavy atom. The number of anilines is 1. The Balaban J connectivity index is 1.80. The van der Waals surface area contributed by atoms with Crippen molar-refractivity contribution in [2.75, 3.05) is 18.0 Å². The van der Waals surface area contributed by atoms with Crippen molar-refractivity contribution < 1.29 is 0 Å². The van der Waals surface area contributed by atoms with E-state index in [0.29, 0.717) is 5.02 Å². The molecule has 0 spiro atoms. The zero-order valence-electron chi connectivity index (χ0n) is 11.3. The monoisotopic (exact) mass is 308 g/mol. The van der Waals surface area contributed by atoms with Crippen LogP contribution in [-0.4, -0.2) is 28.8 Å². The third-order valence-electron chi connectivity index (χ3n) is 3.69. The zero-order chi connectivity index (χ0) is 14.2. The van der Waals surface area contributed by atoms with Crippen LogP contribution in [0.1, 0.15) is 19.8 Å². The van der Waals surface area contributed by atoms with Gasteiger partial charge in [0.1, 0.15) is 0 Å². The summed E-state index contributed by atoms with van der Waals surface area (Å²) in [7, 11) is 0. The summed E-state index contributed by atoms with van der Waals surface area (Å²) in [6, 6.07) is 7.72. The third-order valence-corrected chi connectivity index (χ3v) is 5.04. The van der Waals surface area contributed by atoms with Crippen molar-refractivity contribution in [3.05, 3.63) is 29.3 Å². The molecule has 1 saturated heterocycles. The van der Waals surface area contributed by atoms with Crippen LogP contribution in [0.2, 0.25) is 5.02 Å². The maximum Gasteiger partial charge on any atom is 0.208 e. The minimum absolute atomic E-state index is 0.0489. The van der Waals surface area contributed by atoms with E-state index >= 15 is 0 Å². The normalized spacial score (nSPS) is 18.2.